The maximum Gasteiger partial charge on any atom is 0.257 e. The van der Waals surface area contributed by atoms with Crippen molar-refractivity contribution in [1.82, 2.24) is 9.55 Å². The highest BCUT2D eigenvalue weighted by Crippen LogP contribution is 2.29. The first kappa shape index (κ1) is 17.3. The van der Waals surface area contributed by atoms with Crippen LogP contribution in [0.4, 0.5) is 5.13 Å². The Morgan fingerprint density at radius 1 is 1.15 bits per heavy atom. The van der Waals surface area contributed by atoms with Gasteiger partial charge in [0.2, 0.25) is 0 Å². The van der Waals surface area contributed by atoms with Gasteiger partial charge in [0.05, 0.1) is 16.8 Å². The molecule has 27 heavy (non-hydrogen) atoms. The fraction of sp³-hybridized carbons (Fsp3) is 0.143. The normalized spacial score (nSPS) is 10.9. The number of hydrogen-bond donors (Lipinski definition) is 1. The molecule has 0 saturated carbocycles. The summed E-state index contributed by atoms with van der Waals surface area (Å²) in [5.41, 5.74) is 2.60. The van der Waals surface area contributed by atoms with E-state index >= 15 is 0 Å². The number of hydrogen-bond acceptors (Lipinski definition) is 4. The second-order valence-corrected chi connectivity index (χ2v) is 7.12. The van der Waals surface area contributed by atoms with E-state index in [0.717, 1.165) is 28.1 Å². The molecule has 4 rings (SSSR count). The number of ether oxygens (including phenoxy) is 1. The summed E-state index contributed by atoms with van der Waals surface area (Å²) in [5.74, 6) is 0.649. The molecule has 0 bridgehead atoms. The zero-order chi connectivity index (χ0) is 18.6. The SMILES string of the molecule is CCOc1ccc2nc(NC(=O)c3ccc(Cn4cccc4)cc3)sc2c1. The average Bonchev–Trinajstić information content (AvgIpc) is 3.31. The van der Waals surface area contributed by atoms with Gasteiger partial charge in [-0.05, 0) is 55.0 Å². The minimum atomic E-state index is -0.161. The number of nitrogens with one attached hydrogen (secondary N) is 1. The maximum absolute atomic E-state index is 12.5. The van der Waals surface area contributed by atoms with E-state index in [1.807, 2.05) is 73.9 Å². The van der Waals surface area contributed by atoms with Crippen molar-refractivity contribution in [3.05, 3.63) is 78.1 Å². The van der Waals surface area contributed by atoms with Crippen molar-refractivity contribution in [1.29, 1.82) is 0 Å². The monoisotopic (exact) mass is 377 g/mol. The lowest BCUT2D eigenvalue weighted by atomic mass is 10.1. The molecule has 0 fully saturated rings. The lowest BCUT2D eigenvalue weighted by Crippen LogP contribution is -2.11. The Bertz CT molecular complexity index is 1050. The van der Waals surface area contributed by atoms with Crippen LogP contribution >= 0.6 is 11.3 Å². The van der Waals surface area contributed by atoms with Crippen LogP contribution in [0.2, 0.25) is 0 Å². The van der Waals surface area contributed by atoms with Crippen molar-refractivity contribution in [2.45, 2.75) is 13.5 Å². The van der Waals surface area contributed by atoms with Gasteiger partial charge in [0.15, 0.2) is 5.13 Å². The van der Waals surface area contributed by atoms with Crippen LogP contribution in [0.1, 0.15) is 22.8 Å². The van der Waals surface area contributed by atoms with Crippen LogP contribution in [0.5, 0.6) is 5.75 Å². The molecule has 0 radical (unpaired) electrons. The number of benzene rings is 2. The summed E-state index contributed by atoms with van der Waals surface area (Å²) in [6, 6.07) is 17.4. The number of amides is 1. The molecule has 2 aromatic carbocycles. The number of anilines is 1. The predicted octanol–water partition coefficient (Wildman–Crippen LogP) is 4.80. The molecule has 136 valence electrons. The Kier molecular flexibility index (Phi) is 4.89. The van der Waals surface area contributed by atoms with Crippen LogP contribution in [0.3, 0.4) is 0 Å². The molecule has 0 aliphatic carbocycles. The molecule has 0 saturated heterocycles. The molecule has 0 aliphatic heterocycles. The number of carbonyl (C=O) groups excluding carboxylic acids is 1. The number of aromatic nitrogens is 2. The largest absolute Gasteiger partial charge is 0.494 e. The summed E-state index contributed by atoms with van der Waals surface area (Å²) < 4.78 is 8.59. The molecular formula is C21H19N3O2S. The van der Waals surface area contributed by atoms with Crippen molar-refractivity contribution in [2.75, 3.05) is 11.9 Å². The van der Waals surface area contributed by atoms with Gasteiger partial charge in [-0.2, -0.15) is 0 Å². The predicted molar refractivity (Wildman–Crippen MR) is 109 cm³/mol. The highest BCUT2D eigenvalue weighted by molar-refractivity contribution is 7.22. The molecule has 6 heteroatoms. The van der Waals surface area contributed by atoms with Gasteiger partial charge in [-0.3, -0.25) is 10.1 Å². The first-order valence-corrected chi connectivity index (χ1v) is 9.57. The van der Waals surface area contributed by atoms with Crippen LogP contribution < -0.4 is 10.1 Å². The summed E-state index contributed by atoms with van der Waals surface area (Å²) in [6.07, 6.45) is 4.04. The molecule has 5 nitrogen and oxygen atoms in total. The number of nitrogens with zero attached hydrogens (tertiary/aromatic N) is 2. The van der Waals surface area contributed by atoms with E-state index in [9.17, 15) is 4.79 Å². The minimum Gasteiger partial charge on any atom is -0.494 e. The van der Waals surface area contributed by atoms with Gasteiger partial charge in [0.1, 0.15) is 5.75 Å². The molecule has 1 N–H and O–H groups in total. The zero-order valence-corrected chi connectivity index (χ0v) is 15.7. The Hall–Kier alpha value is -3.12. The first-order valence-electron chi connectivity index (χ1n) is 8.76. The van der Waals surface area contributed by atoms with Gasteiger partial charge in [0, 0.05) is 24.5 Å². The Morgan fingerprint density at radius 3 is 2.67 bits per heavy atom. The lowest BCUT2D eigenvalue weighted by Gasteiger charge is -2.05. The molecule has 2 aromatic heterocycles. The lowest BCUT2D eigenvalue weighted by molar-refractivity contribution is 0.102. The molecule has 0 atom stereocenters. The van der Waals surface area contributed by atoms with Gasteiger partial charge < -0.3 is 9.30 Å². The zero-order valence-electron chi connectivity index (χ0n) is 14.9. The maximum atomic E-state index is 12.5. The van der Waals surface area contributed by atoms with Gasteiger partial charge in [-0.15, -0.1) is 0 Å². The average molecular weight is 377 g/mol. The van der Waals surface area contributed by atoms with E-state index in [1.165, 1.54) is 11.3 Å². The summed E-state index contributed by atoms with van der Waals surface area (Å²) in [6.45, 7) is 3.36. The number of carbonyl (C=O) groups is 1. The molecule has 0 aliphatic rings. The fourth-order valence-electron chi connectivity index (χ4n) is 2.83. The summed E-state index contributed by atoms with van der Waals surface area (Å²) in [7, 11) is 0. The van der Waals surface area contributed by atoms with Crippen LogP contribution in [0, 0.1) is 0 Å². The van der Waals surface area contributed by atoms with Crippen molar-refractivity contribution in [3.8, 4) is 5.75 Å². The van der Waals surface area contributed by atoms with E-state index in [1.54, 1.807) is 0 Å². The van der Waals surface area contributed by atoms with Gasteiger partial charge >= 0.3 is 0 Å². The smallest absolute Gasteiger partial charge is 0.257 e. The minimum absolute atomic E-state index is 0.161. The second-order valence-electron chi connectivity index (χ2n) is 6.09. The Labute approximate surface area is 161 Å². The van der Waals surface area contributed by atoms with Gasteiger partial charge in [0.25, 0.3) is 5.91 Å². The molecule has 2 heterocycles. The molecular weight excluding hydrogens is 358 g/mol. The van der Waals surface area contributed by atoms with E-state index in [0.29, 0.717) is 17.3 Å². The second kappa shape index (κ2) is 7.63. The third kappa shape index (κ3) is 4.01. The Morgan fingerprint density at radius 2 is 1.93 bits per heavy atom. The van der Waals surface area contributed by atoms with E-state index < -0.39 is 0 Å². The van der Waals surface area contributed by atoms with Crippen LogP contribution in [0.25, 0.3) is 10.2 Å². The number of thiazole rings is 1. The first-order chi connectivity index (χ1) is 13.2. The van der Waals surface area contributed by atoms with E-state index in [4.69, 9.17) is 4.74 Å². The highest BCUT2D eigenvalue weighted by Gasteiger charge is 2.11. The highest BCUT2D eigenvalue weighted by atomic mass is 32.1. The van der Waals surface area contributed by atoms with E-state index in [-0.39, 0.29) is 5.91 Å². The number of fused-ring (bicyclic) bond motifs is 1. The van der Waals surface area contributed by atoms with Crippen LogP contribution in [-0.4, -0.2) is 22.1 Å². The summed E-state index contributed by atoms with van der Waals surface area (Å²) in [4.78, 5) is 17.0. The molecule has 1 amide bonds. The van der Waals surface area contributed by atoms with Crippen molar-refractivity contribution >= 4 is 32.6 Å². The van der Waals surface area contributed by atoms with E-state index in [2.05, 4.69) is 14.9 Å². The molecule has 0 spiro atoms. The summed E-state index contributed by atoms with van der Waals surface area (Å²) >= 11 is 1.44. The quantitative estimate of drug-likeness (QED) is 0.525. The van der Waals surface area contributed by atoms with Crippen molar-refractivity contribution in [2.24, 2.45) is 0 Å². The van der Waals surface area contributed by atoms with Crippen LogP contribution in [0.15, 0.2) is 67.0 Å². The third-order valence-corrected chi connectivity index (χ3v) is 5.07. The van der Waals surface area contributed by atoms with Gasteiger partial charge in [-0.25, -0.2) is 4.98 Å². The third-order valence-electron chi connectivity index (χ3n) is 4.14. The fourth-order valence-corrected chi connectivity index (χ4v) is 3.72. The van der Waals surface area contributed by atoms with Crippen LogP contribution in [-0.2, 0) is 6.54 Å². The van der Waals surface area contributed by atoms with Crippen molar-refractivity contribution < 1.29 is 9.53 Å². The number of rotatable bonds is 6. The standard InChI is InChI=1S/C21H19N3O2S/c1-2-26-17-9-10-18-19(13-17)27-21(22-18)23-20(25)16-7-5-15(6-8-16)14-24-11-3-4-12-24/h3-13H,2,14H2,1H3,(H,22,23,25). The van der Waals surface area contributed by atoms with Gasteiger partial charge in [-0.1, -0.05) is 23.5 Å². The molecule has 0 unspecified atom stereocenters. The topological polar surface area (TPSA) is 56.1 Å². The van der Waals surface area contributed by atoms with Crippen molar-refractivity contribution in [3.63, 3.8) is 0 Å². The molecule has 4 aromatic rings. The summed E-state index contributed by atoms with van der Waals surface area (Å²) in [5, 5.41) is 3.47. The Balaban J connectivity index is 1.46.